The molecule has 1 N–H and O–H groups in total. The average Bonchev–Trinajstić information content (AvgIpc) is 2.41. The third-order valence-corrected chi connectivity index (χ3v) is 3.42. The van der Waals surface area contributed by atoms with Crippen LogP contribution in [0.4, 0.5) is 23.2 Å². The molecular weight excluding hydrogens is 278 g/mol. The number of halogens is 4. The van der Waals surface area contributed by atoms with E-state index in [1.807, 2.05) is 0 Å². The first-order valence-electron chi connectivity index (χ1n) is 5.98. The zero-order valence-electron chi connectivity index (χ0n) is 10.6. The number of carbonyl (C=O) groups is 1. The van der Waals surface area contributed by atoms with E-state index in [1.54, 1.807) is 7.05 Å². The Balaban J connectivity index is 2.35. The first-order valence-corrected chi connectivity index (χ1v) is 5.98. The van der Waals surface area contributed by atoms with Crippen molar-refractivity contribution in [3.8, 4) is 0 Å². The van der Waals surface area contributed by atoms with Crippen molar-refractivity contribution in [2.45, 2.75) is 31.3 Å². The van der Waals surface area contributed by atoms with Crippen LogP contribution >= 0.6 is 0 Å². The molecule has 3 nitrogen and oxygen atoms in total. The Kier molecular flexibility index (Phi) is 3.73. The smallest absolute Gasteiger partial charge is 0.336 e. The number of carbonyl (C=O) groups excluding carboxylic acids is 1. The lowest BCUT2D eigenvalue weighted by Crippen LogP contribution is -2.35. The Morgan fingerprint density at radius 3 is 2.55 bits per heavy atom. The lowest BCUT2D eigenvalue weighted by atomic mass is 9.95. The molecule has 0 saturated carbocycles. The third-order valence-electron chi connectivity index (χ3n) is 3.42. The van der Waals surface area contributed by atoms with Crippen LogP contribution in [0.15, 0.2) is 18.2 Å². The van der Waals surface area contributed by atoms with Gasteiger partial charge in [0.15, 0.2) is 0 Å². The molecule has 0 radical (unpaired) electrons. The number of fused-ring (bicyclic) bond motifs is 1. The molecule has 1 aliphatic heterocycles. The maximum absolute atomic E-state index is 13.1. The number of nitrogens with zero attached hydrogens (tertiary/aromatic N) is 1. The van der Waals surface area contributed by atoms with Gasteiger partial charge in [0.1, 0.15) is 6.10 Å². The molecule has 110 valence electrons. The second kappa shape index (κ2) is 5.05. The molecule has 2 rings (SSSR count). The molecule has 1 heterocycles. The van der Waals surface area contributed by atoms with Crippen LogP contribution in [0.25, 0.3) is 0 Å². The summed E-state index contributed by atoms with van der Waals surface area (Å²) in [6, 6.07) is 3.76. The van der Waals surface area contributed by atoms with E-state index in [2.05, 4.69) is 0 Å². The quantitative estimate of drug-likeness (QED) is 0.869. The standard InChI is InChI=1S/C13H13F4NO2/c1-18-9-4-2-8(6-7(9)3-5-10(18)19)11(20)13(16,17)12(14)15/h2,4,6,11-12,20H,3,5H2,1H3. The van der Waals surface area contributed by atoms with Gasteiger partial charge in [-0.3, -0.25) is 4.79 Å². The molecular formula is C13H13F4NO2. The van der Waals surface area contributed by atoms with Crippen LogP contribution in [-0.4, -0.2) is 30.4 Å². The van der Waals surface area contributed by atoms with E-state index in [0.717, 1.165) is 6.07 Å². The molecule has 0 aromatic heterocycles. The molecule has 7 heteroatoms. The predicted octanol–water partition coefficient (Wildman–Crippen LogP) is 2.53. The summed E-state index contributed by atoms with van der Waals surface area (Å²) in [6.07, 6.45) is -5.97. The van der Waals surface area contributed by atoms with E-state index in [9.17, 15) is 27.5 Å². The minimum atomic E-state index is -4.51. The number of benzene rings is 1. The maximum Gasteiger partial charge on any atom is 0.336 e. The van der Waals surface area contributed by atoms with Gasteiger partial charge in [0, 0.05) is 19.2 Å². The fraction of sp³-hybridized carbons (Fsp3) is 0.462. The Morgan fingerprint density at radius 1 is 1.30 bits per heavy atom. The average molecular weight is 291 g/mol. The summed E-state index contributed by atoms with van der Waals surface area (Å²) < 4.78 is 50.7. The van der Waals surface area contributed by atoms with Crippen molar-refractivity contribution in [3.05, 3.63) is 29.3 Å². The molecule has 0 bridgehead atoms. The number of amides is 1. The van der Waals surface area contributed by atoms with E-state index in [4.69, 9.17) is 0 Å². The molecule has 1 atom stereocenters. The fourth-order valence-electron chi connectivity index (χ4n) is 2.19. The Bertz CT molecular complexity index is 533. The van der Waals surface area contributed by atoms with Crippen LogP contribution in [0.1, 0.15) is 23.7 Å². The number of hydrogen-bond acceptors (Lipinski definition) is 2. The van der Waals surface area contributed by atoms with Crippen molar-refractivity contribution < 1.29 is 27.5 Å². The van der Waals surface area contributed by atoms with Crippen LogP contribution < -0.4 is 4.90 Å². The molecule has 1 unspecified atom stereocenters. The van der Waals surface area contributed by atoms with Gasteiger partial charge in [-0.2, -0.15) is 8.78 Å². The molecule has 0 fully saturated rings. The summed E-state index contributed by atoms with van der Waals surface area (Å²) in [5.41, 5.74) is 0.836. The van der Waals surface area contributed by atoms with Gasteiger partial charge in [-0.05, 0) is 23.6 Å². The normalized spacial score (nSPS) is 17.4. The Labute approximate surface area is 112 Å². The van der Waals surface area contributed by atoms with Gasteiger partial charge in [0.25, 0.3) is 0 Å². The van der Waals surface area contributed by atoms with Crippen LogP contribution in [0.3, 0.4) is 0 Å². The number of aliphatic hydroxyl groups is 1. The first kappa shape index (κ1) is 14.8. The van der Waals surface area contributed by atoms with E-state index < -0.39 is 18.5 Å². The SMILES string of the molecule is CN1C(=O)CCc2cc(C(O)C(F)(F)C(F)F)ccc21. The van der Waals surface area contributed by atoms with Gasteiger partial charge >= 0.3 is 12.3 Å². The van der Waals surface area contributed by atoms with E-state index >= 15 is 0 Å². The summed E-state index contributed by atoms with van der Waals surface area (Å²) >= 11 is 0. The van der Waals surface area contributed by atoms with Crippen molar-refractivity contribution >= 4 is 11.6 Å². The van der Waals surface area contributed by atoms with Gasteiger partial charge in [0.05, 0.1) is 0 Å². The second-order valence-corrected chi connectivity index (χ2v) is 4.72. The highest BCUT2D eigenvalue weighted by Gasteiger charge is 2.49. The van der Waals surface area contributed by atoms with Crippen LogP contribution in [0, 0.1) is 0 Å². The van der Waals surface area contributed by atoms with Gasteiger partial charge < -0.3 is 10.0 Å². The summed E-state index contributed by atoms with van der Waals surface area (Å²) in [5, 5.41) is 9.43. The number of hydrogen-bond donors (Lipinski definition) is 1. The first-order chi connectivity index (χ1) is 9.25. The van der Waals surface area contributed by atoms with Crippen molar-refractivity contribution in [1.29, 1.82) is 0 Å². The molecule has 0 aliphatic carbocycles. The predicted molar refractivity (Wildman–Crippen MR) is 64.1 cm³/mol. The topological polar surface area (TPSA) is 40.5 Å². The largest absolute Gasteiger partial charge is 0.382 e. The fourth-order valence-corrected chi connectivity index (χ4v) is 2.19. The second-order valence-electron chi connectivity index (χ2n) is 4.72. The number of anilines is 1. The molecule has 20 heavy (non-hydrogen) atoms. The zero-order valence-corrected chi connectivity index (χ0v) is 10.6. The van der Waals surface area contributed by atoms with Gasteiger partial charge in [-0.1, -0.05) is 12.1 Å². The summed E-state index contributed by atoms with van der Waals surface area (Å²) in [7, 11) is 1.55. The molecule has 0 spiro atoms. The maximum atomic E-state index is 13.1. The number of rotatable bonds is 3. The lowest BCUT2D eigenvalue weighted by molar-refractivity contribution is -0.193. The lowest BCUT2D eigenvalue weighted by Gasteiger charge is -2.28. The van der Waals surface area contributed by atoms with E-state index in [-0.39, 0.29) is 17.9 Å². The Morgan fingerprint density at radius 2 is 1.95 bits per heavy atom. The molecule has 1 amide bonds. The summed E-state index contributed by atoms with van der Waals surface area (Å²) in [6.45, 7) is 0. The van der Waals surface area contributed by atoms with Crippen LogP contribution in [-0.2, 0) is 11.2 Å². The van der Waals surface area contributed by atoms with Gasteiger partial charge in [-0.25, -0.2) is 8.78 Å². The van der Waals surface area contributed by atoms with Crippen molar-refractivity contribution in [2.24, 2.45) is 0 Å². The summed E-state index contributed by atoms with van der Waals surface area (Å²) in [4.78, 5) is 12.9. The highest BCUT2D eigenvalue weighted by molar-refractivity contribution is 5.95. The Hall–Kier alpha value is -1.63. The van der Waals surface area contributed by atoms with E-state index in [0.29, 0.717) is 17.7 Å². The highest BCUT2D eigenvalue weighted by atomic mass is 19.3. The van der Waals surface area contributed by atoms with Crippen LogP contribution in [0.2, 0.25) is 0 Å². The minimum absolute atomic E-state index is 0.108. The van der Waals surface area contributed by atoms with Crippen molar-refractivity contribution in [1.82, 2.24) is 0 Å². The highest BCUT2D eigenvalue weighted by Crippen LogP contribution is 2.38. The number of aliphatic hydroxyl groups excluding tert-OH is 1. The van der Waals surface area contributed by atoms with Crippen molar-refractivity contribution in [3.63, 3.8) is 0 Å². The van der Waals surface area contributed by atoms with Gasteiger partial charge in [0.2, 0.25) is 5.91 Å². The van der Waals surface area contributed by atoms with E-state index in [1.165, 1.54) is 17.0 Å². The molecule has 1 aromatic rings. The van der Waals surface area contributed by atoms with Crippen LogP contribution in [0.5, 0.6) is 0 Å². The summed E-state index contributed by atoms with van der Waals surface area (Å²) in [5.74, 6) is -4.62. The minimum Gasteiger partial charge on any atom is -0.382 e. The monoisotopic (exact) mass is 291 g/mol. The third kappa shape index (κ3) is 2.37. The molecule has 1 aliphatic rings. The number of aryl methyl sites for hydroxylation is 1. The van der Waals surface area contributed by atoms with Gasteiger partial charge in [-0.15, -0.1) is 0 Å². The molecule has 0 saturated heterocycles. The van der Waals surface area contributed by atoms with Crippen molar-refractivity contribution in [2.75, 3.05) is 11.9 Å². The molecule has 1 aromatic carbocycles. The number of alkyl halides is 4. The zero-order chi connectivity index (χ0) is 15.1.